The second kappa shape index (κ2) is 20.4. The SMILES string of the molecule is CCCCC(CC)CC1(CC(CC)CCCC)c2cc(C)ccc2-c2ccc(-c3ccc(N(c4ccc(C)cc4)c4ccc(-c5ccc6c7ccccc7n(-c7ccc(C)cc7)c6c5)cc4)cc3)cc21. The Labute approximate surface area is 419 Å². The van der Waals surface area contributed by atoms with Crippen molar-refractivity contribution in [2.24, 2.45) is 11.8 Å². The van der Waals surface area contributed by atoms with Crippen LogP contribution in [0.25, 0.3) is 60.9 Å². The van der Waals surface area contributed by atoms with E-state index in [1.54, 1.807) is 11.1 Å². The first kappa shape index (κ1) is 47.1. The van der Waals surface area contributed by atoms with Gasteiger partial charge in [-0.15, -0.1) is 0 Å². The minimum absolute atomic E-state index is 0.00907. The lowest BCUT2D eigenvalue weighted by atomic mass is 9.65. The number of fused-ring (bicyclic) bond motifs is 6. The Bertz CT molecular complexity index is 3200. The first-order valence-corrected chi connectivity index (χ1v) is 26.7. The zero-order valence-corrected chi connectivity index (χ0v) is 42.9. The van der Waals surface area contributed by atoms with E-state index < -0.39 is 0 Å². The van der Waals surface area contributed by atoms with Crippen molar-refractivity contribution in [1.29, 1.82) is 0 Å². The number of aryl methyl sites for hydroxylation is 3. The van der Waals surface area contributed by atoms with Gasteiger partial charge in [-0.05, 0) is 157 Å². The molecule has 0 aliphatic heterocycles. The lowest BCUT2D eigenvalue weighted by Crippen LogP contribution is -2.31. The molecule has 10 rings (SSSR count). The van der Waals surface area contributed by atoms with Crippen molar-refractivity contribution < 1.29 is 0 Å². The van der Waals surface area contributed by atoms with Crippen LogP contribution in [0.15, 0.2) is 176 Å². The summed E-state index contributed by atoms with van der Waals surface area (Å²) in [5, 5.41) is 2.54. The predicted molar refractivity (Wildman–Crippen MR) is 303 cm³/mol. The van der Waals surface area contributed by atoms with Crippen molar-refractivity contribution in [3.05, 3.63) is 204 Å². The van der Waals surface area contributed by atoms with Crippen LogP contribution in [0.5, 0.6) is 0 Å². The summed E-state index contributed by atoms with van der Waals surface area (Å²) in [6.45, 7) is 16.2. The molecular formula is C68H72N2. The summed E-state index contributed by atoms with van der Waals surface area (Å²) in [6.07, 6.45) is 12.7. The highest BCUT2D eigenvalue weighted by Crippen LogP contribution is 2.57. The lowest BCUT2D eigenvalue weighted by molar-refractivity contribution is 0.266. The minimum Gasteiger partial charge on any atom is -0.311 e. The van der Waals surface area contributed by atoms with E-state index >= 15 is 0 Å². The molecule has 0 bridgehead atoms. The molecule has 8 aromatic carbocycles. The molecule has 1 aliphatic carbocycles. The van der Waals surface area contributed by atoms with Gasteiger partial charge in [-0.25, -0.2) is 0 Å². The Kier molecular flexibility index (Phi) is 13.7. The van der Waals surface area contributed by atoms with Crippen LogP contribution in [0.4, 0.5) is 17.1 Å². The molecular weight excluding hydrogens is 845 g/mol. The molecule has 0 radical (unpaired) electrons. The Morgan fingerprint density at radius 1 is 0.429 bits per heavy atom. The zero-order valence-electron chi connectivity index (χ0n) is 42.9. The van der Waals surface area contributed by atoms with Gasteiger partial charge in [0.2, 0.25) is 0 Å². The van der Waals surface area contributed by atoms with Crippen molar-refractivity contribution in [3.8, 4) is 39.1 Å². The smallest absolute Gasteiger partial charge is 0.0547 e. The van der Waals surface area contributed by atoms with E-state index in [4.69, 9.17) is 0 Å². The van der Waals surface area contributed by atoms with Gasteiger partial charge >= 0.3 is 0 Å². The summed E-state index contributed by atoms with van der Waals surface area (Å²) in [7, 11) is 0. The largest absolute Gasteiger partial charge is 0.311 e. The topological polar surface area (TPSA) is 8.17 Å². The molecule has 1 aliphatic rings. The third kappa shape index (κ3) is 9.03. The van der Waals surface area contributed by atoms with E-state index in [1.165, 1.54) is 142 Å². The molecule has 2 heteroatoms. The molecule has 0 spiro atoms. The fourth-order valence-corrected chi connectivity index (χ4v) is 12.1. The van der Waals surface area contributed by atoms with E-state index in [9.17, 15) is 0 Å². The number of hydrogen-bond donors (Lipinski definition) is 0. The van der Waals surface area contributed by atoms with Gasteiger partial charge in [0, 0.05) is 38.9 Å². The maximum absolute atomic E-state index is 2.62. The molecule has 1 heterocycles. The molecule has 9 aromatic rings. The first-order chi connectivity index (χ1) is 34.2. The number of rotatable bonds is 18. The average Bonchev–Trinajstić information content (AvgIpc) is 3.86. The number of aromatic nitrogens is 1. The highest BCUT2D eigenvalue weighted by molar-refractivity contribution is 6.10. The minimum atomic E-state index is 0.00907. The summed E-state index contributed by atoms with van der Waals surface area (Å²) < 4.78 is 2.41. The van der Waals surface area contributed by atoms with E-state index in [0.29, 0.717) is 11.8 Å². The summed E-state index contributed by atoms with van der Waals surface area (Å²) in [5.41, 5.74) is 22.0. The van der Waals surface area contributed by atoms with Crippen LogP contribution in [0, 0.1) is 32.6 Å². The van der Waals surface area contributed by atoms with Crippen molar-refractivity contribution in [2.45, 2.75) is 118 Å². The molecule has 0 amide bonds. The van der Waals surface area contributed by atoms with Crippen LogP contribution in [-0.4, -0.2) is 4.57 Å². The third-order valence-electron chi connectivity index (χ3n) is 16.1. The van der Waals surface area contributed by atoms with Gasteiger partial charge < -0.3 is 9.47 Å². The van der Waals surface area contributed by atoms with E-state index in [-0.39, 0.29) is 5.41 Å². The van der Waals surface area contributed by atoms with Gasteiger partial charge in [-0.1, -0.05) is 205 Å². The maximum Gasteiger partial charge on any atom is 0.0547 e. The fourth-order valence-electron chi connectivity index (χ4n) is 12.1. The van der Waals surface area contributed by atoms with Gasteiger partial charge in [-0.3, -0.25) is 0 Å². The van der Waals surface area contributed by atoms with Gasteiger partial charge in [-0.2, -0.15) is 0 Å². The first-order valence-electron chi connectivity index (χ1n) is 26.7. The van der Waals surface area contributed by atoms with Gasteiger partial charge in [0.25, 0.3) is 0 Å². The second-order valence-corrected chi connectivity index (χ2v) is 20.8. The van der Waals surface area contributed by atoms with E-state index in [0.717, 1.165) is 17.1 Å². The van der Waals surface area contributed by atoms with Crippen molar-refractivity contribution in [3.63, 3.8) is 0 Å². The molecule has 0 saturated carbocycles. The number of unbranched alkanes of at least 4 members (excludes halogenated alkanes) is 2. The summed E-state index contributed by atoms with van der Waals surface area (Å²) in [6, 6.07) is 66.9. The number of benzene rings is 8. The summed E-state index contributed by atoms with van der Waals surface area (Å²) in [5.74, 6) is 1.40. The number of para-hydroxylation sites is 1. The number of nitrogens with zero attached hydrogens (tertiary/aromatic N) is 2. The standard InChI is InChI=1S/C68H72N2/c1-8-12-16-50(10-3)45-68(46-51(11-4)17-13-9-2)64-42-49(7)24-39-60(64)61-40-29-54(43-65(61)68)52-25-35-57(36-26-52)69(56-31-20-47(5)21-32-56)58-37-27-53(28-38-58)55-30-41-63-62-18-14-15-19-66(62)70(67(63)44-55)59-33-22-48(6)23-34-59/h14-15,18-44,50-51H,8-13,16-17,45-46H2,1-7H3. The number of hydrogen-bond acceptors (Lipinski definition) is 1. The molecule has 70 heavy (non-hydrogen) atoms. The molecule has 2 nitrogen and oxygen atoms in total. The second-order valence-electron chi connectivity index (χ2n) is 20.8. The van der Waals surface area contributed by atoms with E-state index in [1.807, 2.05) is 0 Å². The average molecular weight is 917 g/mol. The molecule has 2 atom stereocenters. The quantitative estimate of drug-likeness (QED) is 0.0833. The van der Waals surface area contributed by atoms with Crippen molar-refractivity contribution in [2.75, 3.05) is 4.90 Å². The molecule has 0 saturated heterocycles. The van der Waals surface area contributed by atoms with Crippen LogP contribution in [-0.2, 0) is 5.41 Å². The molecule has 354 valence electrons. The Balaban J connectivity index is 1.01. The van der Waals surface area contributed by atoms with Crippen LogP contribution >= 0.6 is 0 Å². The van der Waals surface area contributed by atoms with Crippen LogP contribution < -0.4 is 4.90 Å². The van der Waals surface area contributed by atoms with E-state index in [2.05, 4.69) is 234 Å². The van der Waals surface area contributed by atoms with Gasteiger partial charge in [0.1, 0.15) is 0 Å². The number of anilines is 3. The van der Waals surface area contributed by atoms with Gasteiger partial charge in [0.15, 0.2) is 0 Å². The summed E-state index contributed by atoms with van der Waals surface area (Å²) >= 11 is 0. The molecule has 1 aromatic heterocycles. The highest BCUT2D eigenvalue weighted by atomic mass is 15.1. The van der Waals surface area contributed by atoms with Crippen molar-refractivity contribution in [1.82, 2.24) is 4.57 Å². The Morgan fingerprint density at radius 3 is 1.46 bits per heavy atom. The summed E-state index contributed by atoms with van der Waals surface area (Å²) in [4.78, 5) is 2.40. The molecule has 0 fully saturated rings. The lowest BCUT2D eigenvalue weighted by Gasteiger charge is -2.39. The van der Waals surface area contributed by atoms with Crippen LogP contribution in [0.2, 0.25) is 0 Å². The predicted octanol–water partition coefficient (Wildman–Crippen LogP) is 20.0. The van der Waals surface area contributed by atoms with Crippen LogP contribution in [0.1, 0.15) is 120 Å². The van der Waals surface area contributed by atoms with Crippen molar-refractivity contribution >= 4 is 38.9 Å². The normalized spacial score (nSPS) is 15.0. The molecule has 0 N–H and O–H groups in total. The zero-order chi connectivity index (χ0) is 48.4. The third-order valence-corrected chi connectivity index (χ3v) is 16.1. The Morgan fingerprint density at radius 2 is 0.886 bits per heavy atom. The maximum atomic E-state index is 2.62. The highest BCUT2D eigenvalue weighted by Gasteiger charge is 2.45. The molecule has 2 unspecified atom stereocenters. The van der Waals surface area contributed by atoms with Crippen LogP contribution in [0.3, 0.4) is 0 Å². The van der Waals surface area contributed by atoms with Gasteiger partial charge in [0.05, 0.1) is 11.0 Å². The monoisotopic (exact) mass is 917 g/mol. The Hall–Kier alpha value is -6.64. The fraction of sp³-hybridized carbons (Fsp3) is 0.294.